The minimum absolute atomic E-state index is 0.125. The fourth-order valence-corrected chi connectivity index (χ4v) is 9.58. The maximum Gasteiger partial charge on any atom is 0.264 e. The number of ether oxygens (including phenoxy) is 1. The number of nitrogens with one attached hydrogen (secondary N) is 1. The Morgan fingerprint density at radius 1 is 0.773 bits per heavy atom. The van der Waals surface area contributed by atoms with E-state index in [1.165, 1.54) is 44.1 Å². The summed E-state index contributed by atoms with van der Waals surface area (Å²) in [6.07, 6.45) is 8.05. The first-order valence-corrected chi connectivity index (χ1v) is 17.0. The lowest BCUT2D eigenvalue weighted by Gasteiger charge is -2.57. The molecular formula is C37H38N2O4S. The third-order valence-electron chi connectivity index (χ3n) is 9.82. The van der Waals surface area contributed by atoms with Gasteiger partial charge in [0.25, 0.3) is 10.0 Å². The molecule has 1 amide bonds. The van der Waals surface area contributed by atoms with Gasteiger partial charge in [0.1, 0.15) is 18.0 Å². The Morgan fingerprint density at radius 2 is 1.34 bits per heavy atom. The topological polar surface area (TPSA) is 75.7 Å². The van der Waals surface area contributed by atoms with Crippen molar-refractivity contribution in [1.82, 2.24) is 0 Å². The number of benzene rings is 4. The Balaban J connectivity index is 1.10. The highest BCUT2D eigenvalue weighted by molar-refractivity contribution is 7.92. The number of hydrogen-bond acceptors (Lipinski definition) is 4. The number of para-hydroxylation sites is 1. The van der Waals surface area contributed by atoms with Gasteiger partial charge < -0.3 is 10.1 Å². The van der Waals surface area contributed by atoms with Gasteiger partial charge in [0, 0.05) is 5.69 Å². The van der Waals surface area contributed by atoms with Gasteiger partial charge in [-0.05, 0) is 135 Å². The van der Waals surface area contributed by atoms with Crippen LogP contribution in [0.15, 0.2) is 108 Å². The summed E-state index contributed by atoms with van der Waals surface area (Å²) < 4.78 is 34.8. The molecule has 0 radical (unpaired) electrons. The van der Waals surface area contributed by atoms with E-state index < -0.39 is 15.9 Å². The molecule has 0 spiro atoms. The summed E-state index contributed by atoms with van der Waals surface area (Å²) in [5, 5.41) is 2.95. The zero-order valence-electron chi connectivity index (χ0n) is 25.0. The van der Waals surface area contributed by atoms with Crippen LogP contribution in [0.2, 0.25) is 0 Å². The highest BCUT2D eigenvalue weighted by atomic mass is 32.2. The molecule has 44 heavy (non-hydrogen) atoms. The highest BCUT2D eigenvalue weighted by Gasteiger charge is 2.51. The standard InChI is InChI=1S/C37H38N2O4S/c1-26-7-17-35(18-8-26)44(41,42)39(32-13-15-34(16-14-32)43-33-5-3-2-4-6-33)25-36(40)38-31-11-9-30(10-12-31)37-22-27-19-28(23-37)21-29(20-27)24-37/h2-18,27-29H,19-25H2,1H3,(H,38,40). The quantitative estimate of drug-likeness (QED) is 0.209. The molecule has 4 aromatic rings. The summed E-state index contributed by atoms with van der Waals surface area (Å²) >= 11 is 0. The zero-order chi connectivity index (χ0) is 30.3. The Morgan fingerprint density at radius 3 is 1.93 bits per heavy atom. The summed E-state index contributed by atoms with van der Waals surface area (Å²) in [6, 6.07) is 31.1. The molecule has 6 nitrogen and oxygen atoms in total. The van der Waals surface area contributed by atoms with Crippen molar-refractivity contribution in [2.24, 2.45) is 17.8 Å². The van der Waals surface area contributed by atoms with Gasteiger partial charge in [0.05, 0.1) is 10.6 Å². The number of sulfonamides is 1. The largest absolute Gasteiger partial charge is 0.457 e. The number of nitrogens with zero attached hydrogens (tertiary/aromatic N) is 1. The van der Waals surface area contributed by atoms with Crippen molar-refractivity contribution in [2.75, 3.05) is 16.2 Å². The van der Waals surface area contributed by atoms with Crippen molar-refractivity contribution in [3.63, 3.8) is 0 Å². The molecule has 8 rings (SSSR count). The molecule has 0 unspecified atom stereocenters. The molecule has 0 aliphatic heterocycles. The number of hydrogen-bond donors (Lipinski definition) is 1. The molecule has 4 saturated carbocycles. The van der Waals surface area contributed by atoms with Gasteiger partial charge in [-0.2, -0.15) is 0 Å². The first-order chi connectivity index (χ1) is 21.3. The zero-order valence-corrected chi connectivity index (χ0v) is 25.8. The Labute approximate surface area is 260 Å². The Hall–Kier alpha value is -4.10. The van der Waals surface area contributed by atoms with Crippen LogP contribution in [-0.4, -0.2) is 20.9 Å². The smallest absolute Gasteiger partial charge is 0.264 e. The lowest BCUT2D eigenvalue weighted by atomic mass is 9.48. The van der Waals surface area contributed by atoms with E-state index in [0.29, 0.717) is 22.9 Å². The monoisotopic (exact) mass is 606 g/mol. The molecule has 4 aliphatic carbocycles. The van der Waals surface area contributed by atoms with Crippen LogP contribution >= 0.6 is 0 Å². The van der Waals surface area contributed by atoms with Crippen molar-refractivity contribution in [3.8, 4) is 11.5 Å². The summed E-state index contributed by atoms with van der Waals surface area (Å²) in [7, 11) is -4.03. The summed E-state index contributed by atoms with van der Waals surface area (Å²) in [4.78, 5) is 13.5. The molecule has 0 saturated heterocycles. The van der Waals surface area contributed by atoms with Gasteiger partial charge in [-0.1, -0.05) is 48.0 Å². The van der Waals surface area contributed by atoms with Crippen LogP contribution in [0, 0.1) is 24.7 Å². The third kappa shape index (κ3) is 5.73. The van der Waals surface area contributed by atoms with Gasteiger partial charge in [0.2, 0.25) is 5.91 Å². The highest BCUT2D eigenvalue weighted by Crippen LogP contribution is 2.60. The Bertz CT molecular complexity index is 1700. The molecule has 7 heteroatoms. The number of carbonyl (C=O) groups excluding carboxylic acids is 1. The van der Waals surface area contributed by atoms with Gasteiger partial charge in [-0.15, -0.1) is 0 Å². The first-order valence-electron chi connectivity index (χ1n) is 15.6. The second-order valence-electron chi connectivity index (χ2n) is 13.1. The molecular weight excluding hydrogens is 568 g/mol. The molecule has 0 atom stereocenters. The molecule has 1 N–H and O–H groups in total. The van der Waals surface area contributed by atoms with Crippen LogP contribution in [-0.2, 0) is 20.2 Å². The number of carbonyl (C=O) groups is 1. The number of rotatable bonds is 9. The fourth-order valence-electron chi connectivity index (χ4n) is 8.16. The number of amides is 1. The van der Waals surface area contributed by atoms with Crippen LogP contribution in [0.5, 0.6) is 11.5 Å². The molecule has 0 aromatic heterocycles. The van der Waals surface area contributed by atoms with Crippen molar-refractivity contribution < 1.29 is 17.9 Å². The number of aryl methyl sites for hydroxylation is 1. The predicted molar refractivity (Wildman–Crippen MR) is 174 cm³/mol. The second-order valence-corrected chi connectivity index (χ2v) is 14.9. The van der Waals surface area contributed by atoms with Crippen molar-refractivity contribution in [2.45, 2.75) is 55.8 Å². The molecule has 4 bridgehead atoms. The Kier molecular flexibility index (Phi) is 7.45. The molecule has 4 aliphatic rings. The second kappa shape index (κ2) is 11.4. The van der Waals surface area contributed by atoms with Crippen LogP contribution in [0.4, 0.5) is 11.4 Å². The van der Waals surface area contributed by atoms with Crippen LogP contribution in [0.1, 0.15) is 49.7 Å². The molecule has 0 heterocycles. The fraction of sp³-hybridized carbons (Fsp3) is 0.324. The predicted octanol–water partition coefficient (Wildman–Crippen LogP) is 8.09. The van der Waals surface area contributed by atoms with E-state index in [2.05, 4.69) is 17.4 Å². The van der Waals surface area contributed by atoms with Gasteiger partial charge in [-0.3, -0.25) is 9.10 Å². The SMILES string of the molecule is Cc1ccc(S(=O)(=O)N(CC(=O)Nc2ccc(C34CC5CC(CC(C5)C3)C4)cc2)c2ccc(Oc3ccccc3)cc2)cc1. The normalized spacial score (nSPS) is 23.7. The number of anilines is 2. The minimum Gasteiger partial charge on any atom is -0.457 e. The molecule has 4 aromatic carbocycles. The van der Waals surface area contributed by atoms with E-state index in [1.807, 2.05) is 49.4 Å². The van der Waals surface area contributed by atoms with E-state index in [1.54, 1.807) is 48.5 Å². The van der Waals surface area contributed by atoms with Crippen LogP contribution in [0.25, 0.3) is 0 Å². The minimum atomic E-state index is -4.03. The van der Waals surface area contributed by atoms with Crippen molar-refractivity contribution in [3.05, 3.63) is 114 Å². The van der Waals surface area contributed by atoms with Crippen molar-refractivity contribution >= 4 is 27.3 Å². The van der Waals surface area contributed by atoms with Crippen molar-refractivity contribution in [1.29, 1.82) is 0 Å². The summed E-state index contributed by atoms with van der Waals surface area (Å²) in [5.41, 5.74) is 3.66. The third-order valence-corrected chi connectivity index (χ3v) is 11.6. The molecule has 226 valence electrons. The molecule has 4 fully saturated rings. The van der Waals surface area contributed by atoms with Crippen LogP contribution in [0.3, 0.4) is 0 Å². The van der Waals surface area contributed by atoms with Crippen LogP contribution < -0.4 is 14.4 Å². The maximum absolute atomic E-state index is 13.9. The van der Waals surface area contributed by atoms with E-state index in [9.17, 15) is 13.2 Å². The summed E-state index contributed by atoms with van der Waals surface area (Å²) in [5.74, 6) is 3.42. The van der Waals surface area contributed by atoms with E-state index in [4.69, 9.17) is 4.74 Å². The van der Waals surface area contributed by atoms with E-state index >= 15 is 0 Å². The maximum atomic E-state index is 13.9. The average molecular weight is 607 g/mol. The van der Waals surface area contributed by atoms with Gasteiger partial charge >= 0.3 is 0 Å². The lowest BCUT2D eigenvalue weighted by Crippen LogP contribution is -2.48. The van der Waals surface area contributed by atoms with Gasteiger partial charge in [0.15, 0.2) is 0 Å². The van der Waals surface area contributed by atoms with Gasteiger partial charge in [-0.25, -0.2) is 8.42 Å². The first kappa shape index (κ1) is 28.7. The lowest BCUT2D eigenvalue weighted by molar-refractivity contribution is -0.114. The average Bonchev–Trinajstić information content (AvgIpc) is 3.01. The van der Waals surface area contributed by atoms with E-state index in [-0.39, 0.29) is 16.9 Å². The van der Waals surface area contributed by atoms with E-state index in [0.717, 1.165) is 27.6 Å². The summed E-state index contributed by atoms with van der Waals surface area (Å²) in [6.45, 7) is 1.54.